The van der Waals surface area contributed by atoms with E-state index in [0.29, 0.717) is 0 Å². The van der Waals surface area contributed by atoms with Crippen LogP contribution in [-0.4, -0.2) is 25.0 Å². The van der Waals surface area contributed by atoms with Crippen molar-refractivity contribution in [1.82, 2.24) is 4.90 Å². The molecule has 54 valence electrons. The van der Waals surface area contributed by atoms with Gasteiger partial charge in [0, 0.05) is 13.1 Å². The molecule has 0 aromatic heterocycles. The van der Waals surface area contributed by atoms with E-state index < -0.39 is 0 Å². The van der Waals surface area contributed by atoms with Crippen LogP contribution in [0.25, 0.3) is 0 Å². The Bertz CT molecular complexity index is 169. The molecule has 0 spiro atoms. The van der Waals surface area contributed by atoms with E-state index in [2.05, 4.69) is 25.1 Å². The topological polar surface area (TPSA) is 3.24 Å². The van der Waals surface area contributed by atoms with Gasteiger partial charge in [0.25, 0.3) is 0 Å². The third-order valence-electron chi connectivity index (χ3n) is 1.79. The van der Waals surface area contributed by atoms with Gasteiger partial charge in [0.2, 0.25) is 0 Å². The van der Waals surface area contributed by atoms with Crippen molar-refractivity contribution in [2.24, 2.45) is 0 Å². The molecule has 0 saturated heterocycles. The second-order valence-corrected chi connectivity index (χ2v) is 2.63. The highest BCUT2D eigenvalue weighted by Gasteiger charge is 2.13. The van der Waals surface area contributed by atoms with Gasteiger partial charge in [0.15, 0.2) is 0 Å². The lowest BCUT2D eigenvalue weighted by Gasteiger charge is -2.04. The van der Waals surface area contributed by atoms with Gasteiger partial charge in [-0.25, -0.2) is 0 Å². The van der Waals surface area contributed by atoms with Gasteiger partial charge >= 0.3 is 0 Å². The molecule has 10 heavy (non-hydrogen) atoms. The fraction of sp³-hybridized carbons (Fsp3) is 0.333. The van der Waals surface area contributed by atoms with E-state index in [1.54, 1.807) is 0 Å². The highest BCUT2D eigenvalue weighted by Crippen LogP contribution is 2.16. The van der Waals surface area contributed by atoms with E-state index in [-0.39, 0.29) is 0 Å². The van der Waals surface area contributed by atoms with Crippen LogP contribution in [0, 0.1) is 0 Å². The molecule has 0 aromatic rings. The Kier molecular flexibility index (Phi) is 2.07. The molecule has 1 rings (SSSR count). The Morgan fingerprint density at radius 3 is 1.90 bits per heavy atom. The molecule has 1 aliphatic rings. The zero-order valence-corrected chi connectivity index (χ0v) is 6.43. The molecule has 0 aliphatic carbocycles. The second kappa shape index (κ2) is 2.84. The highest BCUT2D eigenvalue weighted by molar-refractivity contribution is 5.37. The Morgan fingerprint density at radius 1 is 1.20 bits per heavy atom. The van der Waals surface area contributed by atoms with Gasteiger partial charge in [-0.05, 0) is 18.2 Å². The number of hydrogen-bond donors (Lipinski definition) is 0. The van der Waals surface area contributed by atoms with Gasteiger partial charge in [-0.1, -0.05) is 25.3 Å². The average molecular weight is 135 g/mol. The standard InChI is InChI=1S/C9H13N/c1-4-8-6-10(3)7-9(8)5-2/h4-5H,1-2,6-7H2,3H3. The minimum atomic E-state index is 1.02. The molecule has 1 heterocycles. The minimum absolute atomic E-state index is 1.02. The summed E-state index contributed by atoms with van der Waals surface area (Å²) in [6, 6.07) is 0. The van der Waals surface area contributed by atoms with E-state index in [4.69, 9.17) is 0 Å². The molecule has 0 N–H and O–H groups in total. The molecular formula is C9H13N. The maximum absolute atomic E-state index is 3.74. The first-order valence-electron chi connectivity index (χ1n) is 3.43. The minimum Gasteiger partial charge on any atom is -0.298 e. The van der Waals surface area contributed by atoms with Gasteiger partial charge < -0.3 is 0 Å². The lowest BCUT2D eigenvalue weighted by atomic mass is 10.1. The number of rotatable bonds is 2. The maximum Gasteiger partial charge on any atom is 0.0237 e. The monoisotopic (exact) mass is 135 g/mol. The average Bonchev–Trinajstić information content (AvgIpc) is 2.30. The van der Waals surface area contributed by atoms with Crippen molar-refractivity contribution in [1.29, 1.82) is 0 Å². The molecule has 1 nitrogen and oxygen atoms in total. The lowest BCUT2D eigenvalue weighted by Crippen LogP contribution is -2.14. The molecule has 1 heteroatoms. The second-order valence-electron chi connectivity index (χ2n) is 2.63. The predicted octanol–water partition coefficient (Wildman–Crippen LogP) is 1.60. The smallest absolute Gasteiger partial charge is 0.0237 e. The molecule has 0 bridgehead atoms. The van der Waals surface area contributed by atoms with Crippen LogP contribution in [0.1, 0.15) is 0 Å². The molecule has 0 aromatic carbocycles. The summed E-state index contributed by atoms with van der Waals surface area (Å²) in [5.74, 6) is 0. The fourth-order valence-electron chi connectivity index (χ4n) is 1.23. The largest absolute Gasteiger partial charge is 0.298 e. The van der Waals surface area contributed by atoms with Crippen LogP contribution >= 0.6 is 0 Å². The summed E-state index contributed by atoms with van der Waals surface area (Å²) in [5, 5.41) is 0. The van der Waals surface area contributed by atoms with Crippen LogP contribution in [-0.2, 0) is 0 Å². The summed E-state index contributed by atoms with van der Waals surface area (Å²) in [7, 11) is 2.10. The summed E-state index contributed by atoms with van der Waals surface area (Å²) in [5.41, 5.74) is 2.63. The first-order valence-corrected chi connectivity index (χ1v) is 3.43. The predicted molar refractivity (Wildman–Crippen MR) is 44.9 cm³/mol. The van der Waals surface area contributed by atoms with Crippen molar-refractivity contribution in [3.8, 4) is 0 Å². The summed E-state index contributed by atoms with van der Waals surface area (Å²) in [6.07, 6.45) is 3.83. The molecule has 0 saturated carbocycles. The Hall–Kier alpha value is -0.820. The van der Waals surface area contributed by atoms with Crippen LogP contribution in [0.4, 0.5) is 0 Å². The van der Waals surface area contributed by atoms with E-state index in [0.717, 1.165) is 13.1 Å². The molecule has 1 aliphatic heterocycles. The van der Waals surface area contributed by atoms with Crippen LogP contribution in [0.5, 0.6) is 0 Å². The normalized spacial score (nSPS) is 19.7. The van der Waals surface area contributed by atoms with Crippen LogP contribution in [0.15, 0.2) is 36.5 Å². The van der Waals surface area contributed by atoms with Crippen molar-refractivity contribution in [2.45, 2.75) is 0 Å². The summed E-state index contributed by atoms with van der Waals surface area (Å²) >= 11 is 0. The third-order valence-corrected chi connectivity index (χ3v) is 1.79. The van der Waals surface area contributed by atoms with Crippen molar-refractivity contribution in [2.75, 3.05) is 20.1 Å². The lowest BCUT2D eigenvalue weighted by molar-refractivity contribution is 0.428. The van der Waals surface area contributed by atoms with Crippen molar-refractivity contribution < 1.29 is 0 Å². The van der Waals surface area contributed by atoms with E-state index in [9.17, 15) is 0 Å². The summed E-state index contributed by atoms with van der Waals surface area (Å²) in [4.78, 5) is 2.24. The zero-order chi connectivity index (χ0) is 7.56. The van der Waals surface area contributed by atoms with Gasteiger partial charge in [-0.15, -0.1) is 0 Å². The molecule has 0 radical (unpaired) electrons. The summed E-state index contributed by atoms with van der Waals surface area (Å²) < 4.78 is 0. The molecule has 0 unspecified atom stereocenters. The molecule has 0 atom stereocenters. The van der Waals surface area contributed by atoms with Gasteiger partial charge in [0.1, 0.15) is 0 Å². The Labute approximate surface area is 62.3 Å². The van der Waals surface area contributed by atoms with Gasteiger partial charge in [-0.3, -0.25) is 4.90 Å². The first-order chi connectivity index (χ1) is 4.77. The van der Waals surface area contributed by atoms with Crippen LogP contribution in [0.3, 0.4) is 0 Å². The van der Waals surface area contributed by atoms with E-state index in [1.807, 2.05) is 12.2 Å². The van der Waals surface area contributed by atoms with Crippen LogP contribution < -0.4 is 0 Å². The number of nitrogens with zero attached hydrogens (tertiary/aromatic N) is 1. The van der Waals surface area contributed by atoms with Gasteiger partial charge in [0.05, 0.1) is 0 Å². The third kappa shape index (κ3) is 1.19. The zero-order valence-electron chi connectivity index (χ0n) is 6.43. The Balaban J connectivity index is 2.80. The maximum atomic E-state index is 3.74. The van der Waals surface area contributed by atoms with E-state index in [1.165, 1.54) is 11.1 Å². The molecule has 0 fully saturated rings. The van der Waals surface area contributed by atoms with Crippen molar-refractivity contribution >= 4 is 0 Å². The van der Waals surface area contributed by atoms with Crippen LogP contribution in [0.2, 0.25) is 0 Å². The number of hydrogen-bond acceptors (Lipinski definition) is 1. The SMILES string of the molecule is C=CC1=C(C=C)CN(C)C1. The Morgan fingerprint density at radius 2 is 1.60 bits per heavy atom. The highest BCUT2D eigenvalue weighted by atomic mass is 15.1. The molecular weight excluding hydrogens is 122 g/mol. The molecule has 0 amide bonds. The van der Waals surface area contributed by atoms with Crippen molar-refractivity contribution in [3.05, 3.63) is 36.5 Å². The quantitative estimate of drug-likeness (QED) is 0.556. The van der Waals surface area contributed by atoms with Gasteiger partial charge in [-0.2, -0.15) is 0 Å². The fourth-order valence-corrected chi connectivity index (χ4v) is 1.23. The van der Waals surface area contributed by atoms with Crippen molar-refractivity contribution in [3.63, 3.8) is 0 Å². The van der Waals surface area contributed by atoms with E-state index >= 15 is 0 Å². The number of likely N-dealkylation sites (N-methyl/N-ethyl adjacent to an activating group) is 1. The summed E-state index contributed by atoms with van der Waals surface area (Å²) in [6.45, 7) is 9.52. The first kappa shape index (κ1) is 7.29.